The number of nitrogens with zero attached hydrogens (tertiary/aromatic N) is 3. The lowest BCUT2D eigenvalue weighted by Crippen LogP contribution is -2.39. The number of urea groups is 1. The zero-order valence-corrected chi connectivity index (χ0v) is 13.7. The van der Waals surface area contributed by atoms with Crippen LogP contribution in [0, 0.1) is 5.92 Å². The molecule has 22 heavy (non-hydrogen) atoms. The normalized spacial score (nSPS) is 17.8. The quantitative estimate of drug-likeness (QED) is 0.867. The topological polar surface area (TPSA) is 57.7 Å². The molecule has 0 spiro atoms. The van der Waals surface area contributed by atoms with E-state index in [0.29, 0.717) is 18.3 Å². The van der Waals surface area contributed by atoms with E-state index in [1.807, 2.05) is 17.0 Å². The van der Waals surface area contributed by atoms with Crippen molar-refractivity contribution in [2.45, 2.75) is 19.9 Å². The summed E-state index contributed by atoms with van der Waals surface area (Å²) in [5, 5.41) is 2.94. The van der Waals surface area contributed by atoms with Gasteiger partial charge in [0.15, 0.2) is 0 Å². The van der Waals surface area contributed by atoms with Crippen LogP contribution in [-0.2, 0) is 6.54 Å². The molecule has 2 rings (SSSR count). The van der Waals surface area contributed by atoms with E-state index in [4.69, 9.17) is 4.74 Å². The second-order valence-corrected chi connectivity index (χ2v) is 5.79. The molecule has 1 N–H and O–H groups in total. The van der Waals surface area contributed by atoms with E-state index in [0.717, 1.165) is 38.3 Å². The van der Waals surface area contributed by atoms with Crippen molar-refractivity contribution in [3.8, 4) is 5.88 Å². The van der Waals surface area contributed by atoms with Crippen LogP contribution in [0.15, 0.2) is 18.2 Å². The SMILES string of the molecule is CCN(C)CC1CCN(C(=O)NCc2cccc(OC)n2)C1. The molecule has 1 aromatic rings. The summed E-state index contributed by atoms with van der Waals surface area (Å²) < 4.78 is 5.08. The van der Waals surface area contributed by atoms with Crippen LogP contribution in [0.2, 0.25) is 0 Å². The molecule has 0 radical (unpaired) electrons. The Morgan fingerprint density at radius 3 is 3.09 bits per heavy atom. The smallest absolute Gasteiger partial charge is 0.317 e. The monoisotopic (exact) mass is 306 g/mol. The highest BCUT2D eigenvalue weighted by atomic mass is 16.5. The van der Waals surface area contributed by atoms with E-state index in [9.17, 15) is 4.79 Å². The van der Waals surface area contributed by atoms with E-state index in [-0.39, 0.29) is 6.03 Å². The standard InChI is InChI=1S/C16H26N4O2/c1-4-19(2)11-13-8-9-20(12-13)16(21)17-10-14-6-5-7-15(18-14)22-3/h5-7,13H,4,8-12H2,1-3H3,(H,17,21). The summed E-state index contributed by atoms with van der Waals surface area (Å²) in [6.07, 6.45) is 1.08. The van der Waals surface area contributed by atoms with Crippen LogP contribution in [0.3, 0.4) is 0 Å². The molecule has 0 aliphatic carbocycles. The van der Waals surface area contributed by atoms with Crippen molar-refractivity contribution in [2.24, 2.45) is 5.92 Å². The first-order chi connectivity index (χ1) is 10.6. The van der Waals surface area contributed by atoms with Gasteiger partial charge in [0, 0.05) is 25.7 Å². The van der Waals surface area contributed by atoms with E-state index in [1.165, 1.54) is 0 Å². The molecule has 1 saturated heterocycles. The number of methoxy groups -OCH3 is 1. The van der Waals surface area contributed by atoms with Gasteiger partial charge in [0.05, 0.1) is 19.3 Å². The van der Waals surface area contributed by atoms with Crippen molar-refractivity contribution in [1.82, 2.24) is 20.1 Å². The Balaban J connectivity index is 1.78. The largest absolute Gasteiger partial charge is 0.481 e. The highest BCUT2D eigenvalue weighted by Gasteiger charge is 2.26. The molecule has 0 saturated carbocycles. The Hall–Kier alpha value is -1.82. The molecule has 122 valence electrons. The van der Waals surface area contributed by atoms with Crippen LogP contribution in [-0.4, -0.2) is 61.2 Å². The average molecular weight is 306 g/mol. The summed E-state index contributed by atoms with van der Waals surface area (Å²) in [4.78, 5) is 20.7. The number of amides is 2. The molecule has 1 unspecified atom stereocenters. The van der Waals surface area contributed by atoms with Crippen LogP contribution in [0.5, 0.6) is 5.88 Å². The first-order valence-electron chi connectivity index (χ1n) is 7.83. The average Bonchev–Trinajstić information content (AvgIpc) is 3.01. The number of ether oxygens (including phenoxy) is 1. The van der Waals surface area contributed by atoms with Gasteiger partial charge in [-0.15, -0.1) is 0 Å². The lowest BCUT2D eigenvalue weighted by Gasteiger charge is -2.20. The van der Waals surface area contributed by atoms with Gasteiger partial charge in [0.25, 0.3) is 0 Å². The fraction of sp³-hybridized carbons (Fsp3) is 0.625. The number of hydrogen-bond acceptors (Lipinski definition) is 4. The molecule has 6 nitrogen and oxygen atoms in total. The highest BCUT2D eigenvalue weighted by molar-refractivity contribution is 5.74. The molecule has 2 heterocycles. The fourth-order valence-corrected chi connectivity index (χ4v) is 2.68. The van der Waals surface area contributed by atoms with Gasteiger partial charge in [0.1, 0.15) is 0 Å². The van der Waals surface area contributed by atoms with Crippen molar-refractivity contribution < 1.29 is 9.53 Å². The van der Waals surface area contributed by atoms with E-state index in [2.05, 4.69) is 29.2 Å². The molecule has 0 bridgehead atoms. The van der Waals surface area contributed by atoms with E-state index < -0.39 is 0 Å². The minimum atomic E-state index is -0.00808. The molecule has 0 aromatic carbocycles. The van der Waals surface area contributed by atoms with Gasteiger partial charge in [-0.2, -0.15) is 0 Å². The summed E-state index contributed by atoms with van der Waals surface area (Å²) in [7, 11) is 3.71. The van der Waals surface area contributed by atoms with Crippen molar-refractivity contribution in [1.29, 1.82) is 0 Å². The number of rotatable bonds is 6. The number of carbonyl (C=O) groups is 1. The summed E-state index contributed by atoms with van der Waals surface area (Å²) in [6, 6.07) is 5.54. The first kappa shape index (κ1) is 16.5. The zero-order valence-electron chi connectivity index (χ0n) is 13.7. The number of aromatic nitrogens is 1. The third-order valence-corrected chi connectivity index (χ3v) is 4.09. The van der Waals surface area contributed by atoms with E-state index >= 15 is 0 Å². The van der Waals surface area contributed by atoms with Gasteiger partial charge < -0.3 is 19.9 Å². The zero-order chi connectivity index (χ0) is 15.9. The van der Waals surface area contributed by atoms with Gasteiger partial charge in [0.2, 0.25) is 5.88 Å². The summed E-state index contributed by atoms with van der Waals surface area (Å²) in [5.41, 5.74) is 0.800. The van der Waals surface area contributed by atoms with Gasteiger partial charge in [-0.3, -0.25) is 0 Å². The molecule has 2 amide bonds. The maximum Gasteiger partial charge on any atom is 0.317 e. The Morgan fingerprint density at radius 2 is 2.36 bits per heavy atom. The molecule has 1 aliphatic rings. The molecule has 1 atom stereocenters. The van der Waals surface area contributed by atoms with E-state index in [1.54, 1.807) is 13.2 Å². The Bertz CT molecular complexity index is 495. The maximum absolute atomic E-state index is 12.2. The lowest BCUT2D eigenvalue weighted by atomic mass is 10.1. The summed E-state index contributed by atoms with van der Waals surface area (Å²) >= 11 is 0. The minimum absolute atomic E-state index is 0.00808. The molecular weight excluding hydrogens is 280 g/mol. The van der Waals surface area contributed by atoms with Crippen LogP contribution in [0.4, 0.5) is 4.79 Å². The van der Waals surface area contributed by atoms with Crippen molar-refractivity contribution in [2.75, 3.05) is 40.3 Å². The number of carbonyl (C=O) groups excluding carboxylic acids is 1. The maximum atomic E-state index is 12.2. The van der Waals surface area contributed by atoms with Gasteiger partial charge in [-0.25, -0.2) is 9.78 Å². The number of nitrogens with one attached hydrogen (secondary N) is 1. The Morgan fingerprint density at radius 1 is 1.55 bits per heavy atom. The number of likely N-dealkylation sites (tertiary alicyclic amines) is 1. The Kier molecular flexibility index (Phi) is 6.00. The third-order valence-electron chi connectivity index (χ3n) is 4.09. The number of pyridine rings is 1. The first-order valence-corrected chi connectivity index (χ1v) is 7.83. The fourth-order valence-electron chi connectivity index (χ4n) is 2.68. The number of hydrogen-bond donors (Lipinski definition) is 1. The van der Waals surface area contributed by atoms with Crippen molar-refractivity contribution in [3.63, 3.8) is 0 Å². The highest BCUT2D eigenvalue weighted by Crippen LogP contribution is 2.17. The molecule has 1 aromatic heterocycles. The summed E-state index contributed by atoms with van der Waals surface area (Å²) in [5.74, 6) is 1.14. The molecule has 1 fully saturated rings. The minimum Gasteiger partial charge on any atom is -0.481 e. The predicted molar refractivity (Wildman–Crippen MR) is 85.9 cm³/mol. The van der Waals surface area contributed by atoms with Crippen LogP contribution in [0.1, 0.15) is 19.0 Å². The molecule has 1 aliphatic heterocycles. The second-order valence-electron chi connectivity index (χ2n) is 5.79. The lowest BCUT2D eigenvalue weighted by molar-refractivity contribution is 0.204. The van der Waals surface area contributed by atoms with Gasteiger partial charge in [-0.1, -0.05) is 13.0 Å². The third kappa shape index (κ3) is 4.59. The molecular formula is C16H26N4O2. The van der Waals surface area contributed by atoms with Crippen molar-refractivity contribution in [3.05, 3.63) is 23.9 Å². The second kappa shape index (κ2) is 7.98. The Labute approximate surface area is 132 Å². The summed E-state index contributed by atoms with van der Waals surface area (Å²) in [6.45, 7) is 6.34. The van der Waals surface area contributed by atoms with Crippen LogP contribution in [0.25, 0.3) is 0 Å². The van der Waals surface area contributed by atoms with Gasteiger partial charge >= 0.3 is 6.03 Å². The predicted octanol–water partition coefficient (Wildman–Crippen LogP) is 1.57. The van der Waals surface area contributed by atoms with Crippen LogP contribution >= 0.6 is 0 Å². The molecule has 6 heteroatoms. The van der Waals surface area contributed by atoms with Crippen molar-refractivity contribution >= 4 is 6.03 Å². The van der Waals surface area contributed by atoms with Gasteiger partial charge in [-0.05, 0) is 32.0 Å². The van der Waals surface area contributed by atoms with Crippen LogP contribution < -0.4 is 10.1 Å².